The average molecular weight is 245 g/mol. The molecule has 3 nitrogen and oxygen atoms in total. The lowest BCUT2D eigenvalue weighted by atomic mass is 10.1. The Hall–Kier alpha value is -1.35. The van der Waals surface area contributed by atoms with Crippen molar-refractivity contribution in [3.63, 3.8) is 0 Å². The second-order valence-electron chi connectivity index (χ2n) is 5.25. The number of carbonyl (C=O) groups is 1. The molecule has 2 aliphatic heterocycles. The van der Waals surface area contributed by atoms with E-state index in [1.54, 1.807) is 0 Å². The summed E-state index contributed by atoms with van der Waals surface area (Å²) in [4.78, 5) is 14.5. The molecular weight excluding hydrogens is 226 g/mol. The lowest BCUT2D eigenvalue weighted by Crippen LogP contribution is -2.44. The Morgan fingerprint density at radius 2 is 2.17 bits per heavy atom. The Morgan fingerprint density at radius 3 is 2.94 bits per heavy atom. The van der Waals surface area contributed by atoms with Crippen LogP contribution in [0.4, 0.5) is 5.69 Å². The van der Waals surface area contributed by atoms with Gasteiger partial charge in [-0.3, -0.25) is 4.79 Å². The first-order valence-corrected chi connectivity index (χ1v) is 6.80. The van der Waals surface area contributed by atoms with E-state index < -0.39 is 0 Å². The van der Waals surface area contributed by atoms with Gasteiger partial charge in [0.2, 0.25) is 0 Å². The third kappa shape index (κ3) is 1.93. The first kappa shape index (κ1) is 11.7. The van der Waals surface area contributed by atoms with Crippen molar-refractivity contribution in [2.75, 3.05) is 11.5 Å². The highest BCUT2D eigenvalue weighted by Crippen LogP contribution is 2.33. The molecule has 2 heterocycles. The van der Waals surface area contributed by atoms with Crippen molar-refractivity contribution >= 4 is 11.6 Å². The molecule has 1 aromatic rings. The Labute approximate surface area is 108 Å². The lowest BCUT2D eigenvalue weighted by Gasteiger charge is -2.29. The third-order valence-corrected chi connectivity index (χ3v) is 3.90. The SMILES string of the molecule is CC1Cc2ccccc2N1C(=O)C1CCCCO1. The number of anilines is 1. The number of hydrogen-bond donors (Lipinski definition) is 0. The van der Waals surface area contributed by atoms with E-state index in [0.717, 1.165) is 38.0 Å². The maximum atomic E-state index is 12.6. The van der Waals surface area contributed by atoms with E-state index in [0.29, 0.717) is 0 Å². The van der Waals surface area contributed by atoms with Gasteiger partial charge in [0.05, 0.1) is 0 Å². The van der Waals surface area contributed by atoms with Gasteiger partial charge in [-0.05, 0) is 44.2 Å². The summed E-state index contributed by atoms with van der Waals surface area (Å²) in [5, 5.41) is 0. The normalized spacial score (nSPS) is 27.1. The van der Waals surface area contributed by atoms with Crippen LogP contribution in [0.15, 0.2) is 24.3 Å². The molecule has 1 amide bonds. The van der Waals surface area contributed by atoms with Crippen molar-refractivity contribution in [2.24, 2.45) is 0 Å². The van der Waals surface area contributed by atoms with Crippen LogP contribution in [-0.4, -0.2) is 24.7 Å². The van der Waals surface area contributed by atoms with Crippen LogP contribution in [0.5, 0.6) is 0 Å². The molecule has 0 aromatic heterocycles. The van der Waals surface area contributed by atoms with Gasteiger partial charge < -0.3 is 9.64 Å². The van der Waals surface area contributed by atoms with Gasteiger partial charge in [0.1, 0.15) is 6.10 Å². The summed E-state index contributed by atoms with van der Waals surface area (Å²) in [7, 11) is 0. The molecule has 0 spiro atoms. The smallest absolute Gasteiger partial charge is 0.256 e. The number of rotatable bonds is 1. The zero-order valence-electron chi connectivity index (χ0n) is 10.8. The summed E-state index contributed by atoms with van der Waals surface area (Å²) >= 11 is 0. The van der Waals surface area contributed by atoms with Crippen LogP contribution in [0.25, 0.3) is 0 Å². The molecule has 2 atom stereocenters. The zero-order valence-corrected chi connectivity index (χ0v) is 10.8. The van der Waals surface area contributed by atoms with Crippen LogP contribution in [-0.2, 0) is 16.0 Å². The molecule has 2 unspecified atom stereocenters. The van der Waals surface area contributed by atoms with Crippen LogP contribution < -0.4 is 4.90 Å². The van der Waals surface area contributed by atoms with E-state index in [4.69, 9.17) is 4.74 Å². The van der Waals surface area contributed by atoms with Crippen LogP contribution in [0.2, 0.25) is 0 Å². The van der Waals surface area contributed by atoms with Gasteiger partial charge >= 0.3 is 0 Å². The summed E-state index contributed by atoms with van der Waals surface area (Å²) in [6.07, 6.45) is 3.77. The van der Waals surface area contributed by atoms with Crippen LogP contribution >= 0.6 is 0 Å². The summed E-state index contributed by atoms with van der Waals surface area (Å²) in [6, 6.07) is 8.44. The Bertz CT molecular complexity index is 452. The summed E-state index contributed by atoms with van der Waals surface area (Å²) in [5.41, 5.74) is 2.35. The predicted octanol–water partition coefficient (Wildman–Crippen LogP) is 2.53. The highest BCUT2D eigenvalue weighted by atomic mass is 16.5. The Balaban J connectivity index is 1.85. The quantitative estimate of drug-likeness (QED) is 0.761. The molecule has 0 aliphatic carbocycles. The molecule has 1 saturated heterocycles. The molecule has 1 fully saturated rings. The highest BCUT2D eigenvalue weighted by molar-refractivity contribution is 5.99. The molecule has 0 radical (unpaired) electrons. The maximum absolute atomic E-state index is 12.6. The summed E-state index contributed by atoms with van der Waals surface area (Å²) in [5.74, 6) is 0.146. The largest absolute Gasteiger partial charge is 0.368 e. The second kappa shape index (κ2) is 4.73. The average Bonchev–Trinajstić information content (AvgIpc) is 2.75. The Kier molecular flexibility index (Phi) is 3.08. The van der Waals surface area contributed by atoms with Gasteiger partial charge in [-0.2, -0.15) is 0 Å². The molecule has 0 bridgehead atoms. The minimum absolute atomic E-state index is 0.146. The Morgan fingerprint density at radius 1 is 1.33 bits per heavy atom. The number of carbonyl (C=O) groups excluding carboxylic acids is 1. The van der Waals surface area contributed by atoms with Crippen molar-refractivity contribution in [1.29, 1.82) is 0 Å². The van der Waals surface area contributed by atoms with Crippen molar-refractivity contribution < 1.29 is 9.53 Å². The van der Waals surface area contributed by atoms with E-state index in [9.17, 15) is 4.79 Å². The van der Waals surface area contributed by atoms with Crippen molar-refractivity contribution in [3.8, 4) is 0 Å². The monoisotopic (exact) mass is 245 g/mol. The predicted molar refractivity (Wildman–Crippen MR) is 70.7 cm³/mol. The molecule has 96 valence electrons. The lowest BCUT2D eigenvalue weighted by molar-refractivity contribution is -0.132. The third-order valence-electron chi connectivity index (χ3n) is 3.90. The zero-order chi connectivity index (χ0) is 12.5. The molecule has 18 heavy (non-hydrogen) atoms. The summed E-state index contributed by atoms with van der Waals surface area (Å²) in [6.45, 7) is 2.83. The van der Waals surface area contributed by atoms with Crippen LogP contribution in [0.1, 0.15) is 31.7 Å². The molecule has 0 N–H and O–H groups in total. The topological polar surface area (TPSA) is 29.5 Å². The number of hydrogen-bond acceptors (Lipinski definition) is 2. The molecule has 2 aliphatic rings. The number of nitrogens with zero attached hydrogens (tertiary/aromatic N) is 1. The van der Waals surface area contributed by atoms with Gasteiger partial charge in [-0.1, -0.05) is 18.2 Å². The minimum atomic E-state index is -0.229. The maximum Gasteiger partial charge on any atom is 0.256 e. The summed E-state index contributed by atoms with van der Waals surface area (Å²) < 4.78 is 5.62. The van der Waals surface area contributed by atoms with Crippen molar-refractivity contribution in [3.05, 3.63) is 29.8 Å². The molecule has 0 saturated carbocycles. The van der Waals surface area contributed by atoms with E-state index in [2.05, 4.69) is 13.0 Å². The fourth-order valence-corrected chi connectivity index (χ4v) is 2.99. The standard InChI is InChI=1S/C15H19NO2/c1-11-10-12-6-2-3-7-13(12)16(11)15(17)14-8-4-5-9-18-14/h2-3,6-7,11,14H,4-5,8-10H2,1H3. The van der Waals surface area contributed by atoms with Gasteiger partial charge in [-0.15, -0.1) is 0 Å². The van der Waals surface area contributed by atoms with Gasteiger partial charge in [0.25, 0.3) is 5.91 Å². The number of benzene rings is 1. The van der Waals surface area contributed by atoms with E-state index in [1.165, 1.54) is 5.56 Å². The number of ether oxygens (including phenoxy) is 1. The van der Waals surface area contributed by atoms with Crippen molar-refractivity contribution in [1.82, 2.24) is 0 Å². The van der Waals surface area contributed by atoms with E-state index in [-0.39, 0.29) is 18.1 Å². The van der Waals surface area contributed by atoms with Crippen molar-refractivity contribution in [2.45, 2.75) is 44.8 Å². The first-order chi connectivity index (χ1) is 8.77. The van der Waals surface area contributed by atoms with Gasteiger partial charge in [-0.25, -0.2) is 0 Å². The van der Waals surface area contributed by atoms with Crippen LogP contribution in [0.3, 0.4) is 0 Å². The molecule has 3 rings (SSSR count). The number of para-hydroxylation sites is 1. The van der Waals surface area contributed by atoms with E-state index >= 15 is 0 Å². The molecule has 3 heteroatoms. The number of fused-ring (bicyclic) bond motifs is 1. The van der Waals surface area contributed by atoms with Gasteiger partial charge in [0.15, 0.2) is 0 Å². The fourth-order valence-electron chi connectivity index (χ4n) is 2.99. The number of amides is 1. The minimum Gasteiger partial charge on any atom is -0.368 e. The van der Waals surface area contributed by atoms with Gasteiger partial charge in [0, 0.05) is 18.3 Å². The molecular formula is C15H19NO2. The fraction of sp³-hybridized carbons (Fsp3) is 0.533. The van der Waals surface area contributed by atoms with Crippen LogP contribution in [0, 0.1) is 0 Å². The highest BCUT2D eigenvalue weighted by Gasteiger charge is 2.35. The van der Waals surface area contributed by atoms with E-state index in [1.807, 2.05) is 23.1 Å². The molecule has 1 aromatic carbocycles. The second-order valence-corrected chi connectivity index (χ2v) is 5.25. The first-order valence-electron chi connectivity index (χ1n) is 6.80.